The number of hydrogen-bond donors (Lipinski definition) is 2. The third-order valence-electron chi connectivity index (χ3n) is 4.21. The molecule has 2 aromatic carbocycles. The maximum absolute atomic E-state index is 12.6. The zero-order valence-corrected chi connectivity index (χ0v) is 15.7. The Morgan fingerprint density at radius 2 is 1.89 bits per heavy atom. The van der Waals surface area contributed by atoms with E-state index in [1.54, 1.807) is 30.5 Å². The van der Waals surface area contributed by atoms with Crippen LogP contribution in [0, 0.1) is 0 Å². The molecule has 0 saturated carbocycles. The largest absolute Gasteiger partial charge is 0.469 e. The second-order valence-electron chi connectivity index (χ2n) is 6.15. The summed E-state index contributed by atoms with van der Waals surface area (Å²) in [6.45, 7) is 0.466. The van der Waals surface area contributed by atoms with E-state index in [-0.39, 0.29) is 11.8 Å². The molecule has 0 aliphatic carbocycles. The molecule has 0 atom stereocenters. The first-order valence-electron chi connectivity index (χ1n) is 8.77. The van der Waals surface area contributed by atoms with Gasteiger partial charge in [0.15, 0.2) is 0 Å². The van der Waals surface area contributed by atoms with Crippen molar-refractivity contribution in [1.82, 2.24) is 9.69 Å². The SMILES string of the molecule is O=C(NCCc1ccco1)c1cccc(NC(=O)c2nsc3ccccc23)c1. The van der Waals surface area contributed by atoms with E-state index in [9.17, 15) is 9.59 Å². The average Bonchev–Trinajstić information content (AvgIpc) is 3.38. The lowest BCUT2D eigenvalue weighted by Gasteiger charge is -2.07. The van der Waals surface area contributed by atoms with Gasteiger partial charge in [0.25, 0.3) is 11.8 Å². The molecule has 0 bridgehead atoms. The zero-order chi connectivity index (χ0) is 19.3. The van der Waals surface area contributed by atoms with Gasteiger partial charge in [-0.3, -0.25) is 9.59 Å². The Kier molecular flexibility index (Phi) is 5.16. The molecule has 0 saturated heterocycles. The fourth-order valence-electron chi connectivity index (χ4n) is 2.83. The minimum atomic E-state index is -0.298. The lowest BCUT2D eigenvalue weighted by atomic mass is 10.1. The van der Waals surface area contributed by atoms with Crippen LogP contribution < -0.4 is 10.6 Å². The van der Waals surface area contributed by atoms with Gasteiger partial charge in [0.2, 0.25) is 0 Å². The van der Waals surface area contributed by atoms with E-state index in [1.807, 2.05) is 36.4 Å². The van der Waals surface area contributed by atoms with Gasteiger partial charge in [0.1, 0.15) is 11.5 Å². The lowest BCUT2D eigenvalue weighted by molar-refractivity contribution is 0.0952. The monoisotopic (exact) mass is 391 g/mol. The molecule has 2 N–H and O–H groups in total. The molecule has 0 fully saturated rings. The molecule has 0 radical (unpaired) electrons. The van der Waals surface area contributed by atoms with Gasteiger partial charge in [-0.15, -0.1) is 0 Å². The minimum absolute atomic E-state index is 0.207. The molecule has 6 nitrogen and oxygen atoms in total. The third-order valence-corrected chi connectivity index (χ3v) is 5.04. The Labute approximate surface area is 165 Å². The van der Waals surface area contributed by atoms with Crippen molar-refractivity contribution in [1.29, 1.82) is 0 Å². The fourth-order valence-corrected chi connectivity index (χ4v) is 3.61. The number of amides is 2. The lowest BCUT2D eigenvalue weighted by Crippen LogP contribution is -2.25. The van der Waals surface area contributed by atoms with Gasteiger partial charge < -0.3 is 15.1 Å². The van der Waals surface area contributed by atoms with E-state index in [0.717, 1.165) is 15.8 Å². The Bertz CT molecular complexity index is 1120. The van der Waals surface area contributed by atoms with Crippen LogP contribution in [0.2, 0.25) is 0 Å². The van der Waals surface area contributed by atoms with E-state index in [1.165, 1.54) is 11.5 Å². The highest BCUT2D eigenvalue weighted by Gasteiger charge is 2.15. The van der Waals surface area contributed by atoms with Gasteiger partial charge in [-0.2, -0.15) is 4.37 Å². The van der Waals surface area contributed by atoms with Crippen LogP contribution in [0.25, 0.3) is 10.1 Å². The summed E-state index contributed by atoms with van der Waals surface area (Å²) in [5, 5.41) is 6.48. The van der Waals surface area contributed by atoms with Crippen LogP contribution in [-0.4, -0.2) is 22.7 Å². The molecule has 0 spiro atoms. The van der Waals surface area contributed by atoms with Crippen LogP contribution in [0.15, 0.2) is 71.3 Å². The maximum Gasteiger partial charge on any atom is 0.276 e. The Hall–Kier alpha value is -3.45. The average molecular weight is 391 g/mol. The summed E-state index contributed by atoms with van der Waals surface area (Å²) in [4.78, 5) is 24.9. The number of carbonyl (C=O) groups is 2. The first-order valence-corrected chi connectivity index (χ1v) is 9.54. The highest BCUT2D eigenvalue weighted by Crippen LogP contribution is 2.23. The molecular weight excluding hydrogens is 374 g/mol. The van der Waals surface area contributed by atoms with Gasteiger partial charge >= 0.3 is 0 Å². The predicted octanol–water partition coefficient (Wildman–Crippen LogP) is 4.11. The van der Waals surface area contributed by atoms with E-state index >= 15 is 0 Å². The molecule has 7 heteroatoms. The molecule has 28 heavy (non-hydrogen) atoms. The number of furan rings is 1. The number of benzene rings is 2. The molecule has 4 rings (SSSR count). The number of anilines is 1. The second-order valence-corrected chi connectivity index (χ2v) is 6.95. The maximum atomic E-state index is 12.6. The summed E-state index contributed by atoms with van der Waals surface area (Å²) < 4.78 is 10.5. The number of carbonyl (C=O) groups excluding carboxylic acids is 2. The molecule has 4 aromatic rings. The molecule has 0 aliphatic rings. The van der Waals surface area contributed by atoms with Crippen molar-refractivity contribution >= 4 is 39.1 Å². The van der Waals surface area contributed by atoms with Gasteiger partial charge in [-0.1, -0.05) is 24.3 Å². The summed E-state index contributed by atoms with van der Waals surface area (Å²) in [7, 11) is 0. The van der Waals surface area contributed by atoms with Crippen molar-refractivity contribution < 1.29 is 14.0 Å². The number of nitrogens with one attached hydrogen (secondary N) is 2. The zero-order valence-electron chi connectivity index (χ0n) is 14.8. The van der Waals surface area contributed by atoms with E-state index < -0.39 is 0 Å². The molecule has 2 amide bonds. The normalized spacial score (nSPS) is 10.7. The first-order chi connectivity index (χ1) is 13.7. The summed E-state index contributed by atoms with van der Waals surface area (Å²) in [5.74, 6) is 0.311. The Morgan fingerprint density at radius 1 is 1.00 bits per heavy atom. The predicted molar refractivity (Wildman–Crippen MR) is 109 cm³/mol. The van der Waals surface area contributed by atoms with Crippen molar-refractivity contribution in [2.75, 3.05) is 11.9 Å². The minimum Gasteiger partial charge on any atom is -0.469 e. The number of aromatic nitrogens is 1. The molecule has 2 aromatic heterocycles. The van der Waals surface area contributed by atoms with Gasteiger partial charge in [0.05, 0.1) is 11.0 Å². The van der Waals surface area contributed by atoms with Gasteiger partial charge in [-0.05, 0) is 47.9 Å². The number of nitrogens with zero attached hydrogens (tertiary/aromatic N) is 1. The van der Waals surface area contributed by atoms with Crippen LogP contribution >= 0.6 is 11.5 Å². The molecule has 140 valence electrons. The van der Waals surface area contributed by atoms with Crippen molar-refractivity contribution in [3.63, 3.8) is 0 Å². The highest BCUT2D eigenvalue weighted by atomic mass is 32.1. The standard InChI is InChI=1S/C21H17N3O3S/c25-20(22-11-10-16-7-4-12-27-16)14-5-3-6-15(13-14)23-21(26)19-17-8-1-2-9-18(17)28-24-19/h1-9,12-13H,10-11H2,(H,22,25)(H,23,26). The van der Waals surface area contributed by atoms with Crippen LogP contribution in [0.3, 0.4) is 0 Å². The Morgan fingerprint density at radius 3 is 2.75 bits per heavy atom. The van der Waals surface area contributed by atoms with E-state index in [2.05, 4.69) is 15.0 Å². The van der Waals surface area contributed by atoms with Crippen LogP contribution in [-0.2, 0) is 6.42 Å². The second kappa shape index (κ2) is 8.06. The smallest absolute Gasteiger partial charge is 0.276 e. The highest BCUT2D eigenvalue weighted by molar-refractivity contribution is 7.13. The van der Waals surface area contributed by atoms with Crippen LogP contribution in [0.4, 0.5) is 5.69 Å². The quantitative estimate of drug-likeness (QED) is 0.518. The van der Waals surface area contributed by atoms with Crippen LogP contribution in [0.5, 0.6) is 0 Å². The van der Waals surface area contributed by atoms with Crippen molar-refractivity contribution in [2.45, 2.75) is 6.42 Å². The number of fused-ring (bicyclic) bond motifs is 1. The molecule has 2 heterocycles. The number of rotatable bonds is 6. The summed E-state index contributed by atoms with van der Waals surface area (Å²) in [6.07, 6.45) is 2.22. The van der Waals surface area contributed by atoms with Crippen molar-refractivity contribution in [3.8, 4) is 0 Å². The Balaban J connectivity index is 1.41. The summed E-state index contributed by atoms with van der Waals surface area (Å²) >= 11 is 1.29. The van der Waals surface area contributed by atoms with Crippen LogP contribution in [0.1, 0.15) is 26.6 Å². The third kappa shape index (κ3) is 3.94. The van der Waals surface area contributed by atoms with E-state index in [4.69, 9.17) is 4.42 Å². The molecule has 0 aliphatic heterocycles. The first kappa shape index (κ1) is 17.9. The number of hydrogen-bond acceptors (Lipinski definition) is 5. The fraction of sp³-hybridized carbons (Fsp3) is 0.0952. The molecule has 0 unspecified atom stereocenters. The van der Waals surface area contributed by atoms with E-state index in [0.29, 0.717) is 29.9 Å². The van der Waals surface area contributed by atoms with Gasteiger partial charge in [0, 0.05) is 29.6 Å². The topological polar surface area (TPSA) is 84.2 Å². The molecular formula is C21H17N3O3S. The summed E-state index contributed by atoms with van der Waals surface area (Å²) in [6, 6.07) is 18.1. The van der Waals surface area contributed by atoms with Crippen molar-refractivity contribution in [3.05, 3.63) is 83.9 Å². The summed E-state index contributed by atoms with van der Waals surface area (Å²) in [5.41, 5.74) is 1.40. The van der Waals surface area contributed by atoms with Gasteiger partial charge in [-0.25, -0.2) is 0 Å². The van der Waals surface area contributed by atoms with Crippen molar-refractivity contribution in [2.24, 2.45) is 0 Å².